The van der Waals surface area contributed by atoms with Gasteiger partial charge in [0, 0.05) is 30.6 Å². The van der Waals surface area contributed by atoms with Gasteiger partial charge in [-0.05, 0) is 30.2 Å². The predicted molar refractivity (Wildman–Crippen MR) is 92.2 cm³/mol. The molecular formula is C17H13Cl2N3O2. The summed E-state index contributed by atoms with van der Waals surface area (Å²) in [6, 6.07) is 10.6. The molecule has 7 heteroatoms. The summed E-state index contributed by atoms with van der Waals surface area (Å²) < 4.78 is 5.18. The van der Waals surface area contributed by atoms with Gasteiger partial charge in [-0.2, -0.15) is 0 Å². The molecule has 1 aromatic carbocycles. The van der Waals surface area contributed by atoms with Crippen molar-refractivity contribution in [2.45, 2.75) is 6.42 Å². The lowest BCUT2D eigenvalue weighted by Crippen LogP contribution is -2.26. The van der Waals surface area contributed by atoms with Crippen LogP contribution in [0.2, 0.25) is 10.0 Å². The zero-order valence-corrected chi connectivity index (χ0v) is 14.0. The number of halogens is 2. The summed E-state index contributed by atoms with van der Waals surface area (Å²) in [6.07, 6.45) is 3.87. The molecule has 1 amide bonds. The number of nitrogens with one attached hydrogen (secondary N) is 1. The third kappa shape index (κ3) is 3.75. The van der Waals surface area contributed by atoms with Gasteiger partial charge in [-0.3, -0.25) is 9.78 Å². The van der Waals surface area contributed by atoms with Gasteiger partial charge < -0.3 is 9.84 Å². The summed E-state index contributed by atoms with van der Waals surface area (Å²) in [5.41, 5.74) is 1.85. The average molecular weight is 362 g/mol. The second-order valence-electron chi connectivity index (χ2n) is 5.04. The van der Waals surface area contributed by atoms with Crippen molar-refractivity contribution < 1.29 is 9.32 Å². The number of nitrogens with zero attached hydrogens (tertiary/aromatic N) is 2. The van der Waals surface area contributed by atoms with E-state index < -0.39 is 0 Å². The van der Waals surface area contributed by atoms with Crippen LogP contribution in [-0.4, -0.2) is 22.6 Å². The number of hydrogen-bond donors (Lipinski definition) is 1. The zero-order chi connectivity index (χ0) is 16.9. The molecule has 0 fully saturated rings. The molecule has 1 N–H and O–H groups in total. The fourth-order valence-corrected chi connectivity index (χ4v) is 2.58. The van der Waals surface area contributed by atoms with E-state index in [0.717, 1.165) is 11.1 Å². The van der Waals surface area contributed by atoms with Crippen molar-refractivity contribution in [2.24, 2.45) is 0 Å². The van der Waals surface area contributed by atoms with Gasteiger partial charge in [-0.1, -0.05) is 40.5 Å². The molecule has 0 aliphatic carbocycles. The number of benzene rings is 1. The number of hydrogen-bond acceptors (Lipinski definition) is 4. The summed E-state index contributed by atoms with van der Waals surface area (Å²) in [6.45, 7) is 0.411. The van der Waals surface area contributed by atoms with Crippen LogP contribution in [0, 0.1) is 0 Å². The van der Waals surface area contributed by atoms with Crippen molar-refractivity contribution in [1.29, 1.82) is 0 Å². The van der Waals surface area contributed by atoms with Crippen molar-refractivity contribution in [3.63, 3.8) is 0 Å². The molecule has 2 aromatic heterocycles. The van der Waals surface area contributed by atoms with E-state index in [4.69, 9.17) is 27.7 Å². The molecule has 3 aromatic rings. The predicted octanol–water partition coefficient (Wildman–Crippen LogP) is 4.02. The Labute approximate surface area is 148 Å². The minimum atomic E-state index is -0.313. The normalized spacial score (nSPS) is 10.6. The van der Waals surface area contributed by atoms with E-state index in [0.29, 0.717) is 28.8 Å². The van der Waals surface area contributed by atoms with Crippen LogP contribution in [0.5, 0.6) is 0 Å². The Morgan fingerprint density at radius 2 is 2.08 bits per heavy atom. The highest BCUT2D eigenvalue weighted by Gasteiger charge is 2.13. The molecule has 0 unspecified atom stereocenters. The van der Waals surface area contributed by atoms with E-state index in [9.17, 15) is 4.79 Å². The lowest BCUT2D eigenvalue weighted by Gasteiger charge is -2.06. The molecule has 0 saturated carbocycles. The molecule has 5 nitrogen and oxygen atoms in total. The van der Waals surface area contributed by atoms with Crippen LogP contribution >= 0.6 is 23.2 Å². The monoisotopic (exact) mass is 361 g/mol. The van der Waals surface area contributed by atoms with Crippen molar-refractivity contribution in [1.82, 2.24) is 15.5 Å². The van der Waals surface area contributed by atoms with Crippen LogP contribution in [0.25, 0.3) is 11.3 Å². The van der Waals surface area contributed by atoms with E-state index in [1.165, 1.54) is 0 Å². The standard InChI is InChI=1S/C17H13Cl2N3O2/c18-13-5-1-3-11(16(13)19)6-8-21-17(23)14-9-15(24-22-14)12-4-2-7-20-10-12/h1-5,7,9-10H,6,8H2,(H,21,23). The summed E-state index contributed by atoms with van der Waals surface area (Å²) in [4.78, 5) is 16.1. The van der Waals surface area contributed by atoms with Crippen LogP contribution in [0.3, 0.4) is 0 Å². The van der Waals surface area contributed by atoms with Crippen LogP contribution < -0.4 is 5.32 Å². The fourth-order valence-electron chi connectivity index (χ4n) is 2.17. The Morgan fingerprint density at radius 3 is 2.88 bits per heavy atom. The highest BCUT2D eigenvalue weighted by atomic mass is 35.5. The minimum Gasteiger partial charge on any atom is -0.355 e. The molecular weight excluding hydrogens is 349 g/mol. The van der Waals surface area contributed by atoms with E-state index in [1.54, 1.807) is 30.6 Å². The van der Waals surface area contributed by atoms with Crippen molar-refractivity contribution in [3.8, 4) is 11.3 Å². The average Bonchev–Trinajstić information content (AvgIpc) is 3.09. The van der Waals surface area contributed by atoms with Crippen molar-refractivity contribution in [2.75, 3.05) is 6.54 Å². The van der Waals surface area contributed by atoms with Gasteiger partial charge in [0.1, 0.15) is 0 Å². The summed E-state index contributed by atoms with van der Waals surface area (Å²) in [7, 11) is 0. The van der Waals surface area contributed by atoms with Gasteiger partial charge in [0.2, 0.25) is 0 Å². The van der Waals surface area contributed by atoms with Gasteiger partial charge in [-0.15, -0.1) is 0 Å². The molecule has 0 aliphatic rings. The molecule has 3 rings (SSSR count). The van der Waals surface area contributed by atoms with Crippen LogP contribution in [0.1, 0.15) is 16.1 Å². The van der Waals surface area contributed by atoms with E-state index in [1.807, 2.05) is 18.2 Å². The Morgan fingerprint density at radius 1 is 1.21 bits per heavy atom. The Hall–Kier alpha value is -2.37. The highest BCUT2D eigenvalue weighted by molar-refractivity contribution is 6.42. The number of aromatic nitrogens is 2. The molecule has 0 saturated heterocycles. The van der Waals surface area contributed by atoms with Gasteiger partial charge in [0.15, 0.2) is 11.5 Å². The van der Waals surface area contributed by atoms with E-state index in [-0.39, 0.29) is 11.6 Å². The third-order valence-corrected chi connectivity index (χ3v) is 4.26. The van der Waals surface area contributed by atoms with E-state index in [2.05, 4.69) is 15.5 Å². The first-order valence-electron chi connectivity index (χ1n) is 7.23. The maximum absolute atomic E-state index is 12.1. The molecule has 0 aliphatic heterocycles. The summed E-state index contributed by atoms with van der Waals surface area (Å²) in [5, 5.41) is 7.57. The topological polar surface area (TPSA) is 68.0 Å². The SMILES string of the molecule is O=C(NCCc1cccc(Cl)c1Cl)c1cc(-c2cccnc2)on1. The maximum Gasteiger partial charge on any atom is 0.273 e. The molecule has 0 bridgehead atoms. The van der Waals surface area contributed by atoms with Crippen LogP contribution in [-0.2, 0) is 6.42 Å². The lowest BCUT2D eigenvalue weighted by molar-refractivity contribution is 0.0945. The Kier molecular flexibility index (Phi) is 5.13. The van der Waals surface area contributed by atoms with Crippen LogP contribution in [0.4, 0.5) is 0 Å². The molecule has 24 heavy (non-hydrogen) atoms. The van der Waals surface area contributed by atoms with Gasteiger partial charge in [-0.25, -0.2) is 0 Å². The van der Waals surface area contributed by atoms with E-state index >= 15 is 0 Å². The first kappa shape index (κ1) is 16.5. The molecule has 2 heterocycles. The quantitative estimate of drug-likeness (QED) is 0.745. The zero-order valence-electron chi connectivity index (χ0n) is 12.5. The summed E-state index contributed by atoms with van der Waals surface area (Å²) in [5.74, 6) is 0.179. The first-order valence-corrected chi connectivity index (χ1v) is 7.99. The second kappa shape index (κ2) is 7.47. The van der Waals surface area contributed by atoms with Gasteiger partial charge >= 0.3 is 0 Å². The number of rotatable bonds is 5. The number of pyridine rings is 1. The number of amides is 1. The number of carbonyl (C=O) groups excluding carboxylic acids is 1. The third-order valence-electron chi connectivity index (χ3n) is 3.40. The van der Waals surface area contributed by atoms with Crippen molar-refractivity contribution in [3.05, 3.63) is 70.1 Å². The molecule has 122 valence electrons. The largest absolute Gasteiger partial charge is 0.355 e. The second-order valence-corrected chi connectivity index (χ2v) is 5.82. The summed E-state index contributed by atoms with van der Waals surface area (Å²) >= 11 is 12.1. The van der Waals surface area contributed by atoms with Gasteiger partial charge in [0.25, 0.3) is 5.91 Å². The highest BCUT2D eigenvalue weighted by Crippen LogP contribution is 2.25. The molecule has 0 radical (unpaired) electrons. The van der Waals surface area contributed by atoms with Crippen molar-refractivity contribution >= 4 is 29.1 Å². The maximum atomic E-state index is 12.1. The first-order chi connectivity index (χ1) is 11.6. The smallest absolute Gasteiger partial charge is 0.273 e. The Bertz CT molecular complexity index is 850. The molecule has 0 spiro atoms. The number of carbonyl (C=O) groups is 1. The van der Waals surface area contributed by atoms with Gasteiger partial charge in [0.05, 0.1) is 10.0 Å². The van der Waals surface area contributed by atoms with Crippen LogP contribution in [0.15, 0.2) is 53.3 Å². The Balaban J connectivity index is 1.60. The lowest BCUT2D eigenvalue weighted by atomic mass is 10.1. The minimum absolute atomic E-state index is 0.214. The molecule has 0 atom stereocenters. The fraction of sp³-hybridized carbons (Fsp3) is 0.118.